The molecule has 1 aromatic rings. The number of hydrogen-bond acceptors (Lipinski definition) is 3. The van der Waals surface area contributed by atoms with Crippen LogP contribution in [0.5, 0.6) is 0 Å². The van der Waals surface area contributed by atoms with Crippen molar-refractivity contribution in [3.8, 4) is 0 Å². The van der Waals surface area contributed by atoms with Gasteiger partial charge in [-0.3, -0.25) is 14.9 Å². The van der Waals surface area contributed by atoms with E-state index in [9.17, 15) is 14.9 Å². The molecule has 1 heterocycles. The number of nitro groups is 1. The van der Waals surface area contributed by atoms with E-state index in [4.69, 9.17) is 0 Å². The van der Waals surface area contributed by atoms with Crippen LogP contribution in [0.1, 0.15) is 52.0 Å². The van der Waals surface area contributed by atoms with Crippen molar-refractivity contribution in [1.82, 2.24) is 4.90 Å². The zero-order valence-corrected chi connectivity index (χ0v) is 15.0. The van der Waals surface area contributed by atoms with Crippen molar-refractivity contribution < 1.29 is 9.72 Å². The van der Waals surface area contributed by atoms with Gasteiger partial charge in [-0.1, -0.05) is 32.9 Å². The van der Waals surface area contributed by atoms with E-state index >= 15 is 0 Å². The first-order valence-electron chi connectivity index (χ1n) is 8.80. The SMILES string of the molecule is CC(C)(C)C(=O)N1CCC(CCCc2ccc([N+](=O)[O-])cc2)CC1. The average Bonchev–Trinajstić information content (AvgIpc) is 2.54. The summed E-state index contributed by atoms with van der Waals surface area (Å²) >= 11 is 0. The van der Waals surface area contributed by atoms with Crippen molar-refractivity contribution in [2.45, 2.75) is 52.9 Å². The van der Waals surface area contributed by atoms with Gasteiger partial charge >= 0.3 is 0 Å². The van der Waals surface area contributed by atoms with E-state index in [1.165, 1.54) is 0 Å². The zero-order chi connectivity index (χ0) is 17.7. The van der Waals surface area contributed by atoms with Crippen LogP contribution in [0.3, 0.4) is 0 Å². The van der Waals surface area contributed by atoms with Crippen molar-refractivity contribution in [3.63, 3.8) is 0 Å². The van der Waals surface area contributed by atoms with Gasteiger partial charge in [0.05, 0.1) is 4.92 Å². The lowest BCUT2D eigenvalue weighted by atomic mass is 9.88. The lowest BCUT2D eigenvalue weighted by Crippen LogP contribution is -2.44. The molecule has 0 radical (unpaired) electrons. The van der Waals surface area contributed by atoms with Gasteiger partial charge in [-0.25, -0.2) is 0 Å². The smallest absolute Gasteiger partial charge is 0.269 e. The number of piperidine rings is 1. The van der Waals surface area contributed by atoms with Crippen molar-refractivity contribution in [2.75, 3.05) is 13.1 Å². The summed E-state index contributed by atoms with van der Waals surface area (Å²) < 4.78 is 0. The summed E-state index contributed by atoms with van der Waals surface area (Å²) in [6, 6.07) is 6.85. The topological polar surface area (TPSA) is 63.5 Å². The summed E-state index contributed by atoms with van der Waals surface area (Å²) in [4.78, 5) is 24.6. The highest BCUT2D eigenvalue weighted by Gasteiger charge is 2.30. The molecule has 0 aliphatic carbocycles. The van der Waals surface area contributed by atoms with Gasteiger partial charge in [0.1, 0.15) is 0 Å². The molecule has 0 atom stereocenters. The van der Waals surface area contributed by atoms with Crippen LogP contribution < -0.4 is 0 Å². The molecule has 0 unspecified atom stereocenters. The molecule has 0 aromatic heterocycles. The Hall–Kier alpha value is -1.91. The quantitative estimate of drug-likeness (QED) is 0.599. The Morgan fingerprint density at radius 2 is 1.79 bits per heavy atom. The van der Waals surface area contributed by atoms with Crippen LogP contribution >= 0.6 is 0 Å². The fourth-order valence-electron chi connectivity index (χ4n) is 3.28. The summed E-state index contributed by atoms with van der Waals surface area (Å²) in [7, 11) is 0. The molecule has 1 amide bonds. The second-order valence-corrected chi connectivity index (χ2v) is 7.80. The van der Waals surface area contributed by atoms with E-state index in [2.05, 4.69) is 0 Å². The number of rotatable bonds is 5. The van der Waals surface area contributed by atoms with E-state index in [0.717, 1.165) is 50.8 Å². The molecule has 1 aliphatic heterocycles. The zero-order valence-electron chi connectivity index (χ0n) is 15.0. The molecular weight excluding hydrogens is 304 g/mol. The minimum absolute atomic E-state index is 0.148. The number of hydrogen-bond donors (Lipinski definition) is 0. The van der Waals surface area contributed by atoms with E-state index in [0.29, 0.717) is 5.92 Å². The lowest BCUT2D eigenvalue weighted by Gasteiger charge is -2.35. The highest BCUT2D eigenvalue weighted by molar-refractivity contribution is 5.81. The number of nitrogens with zero attached hydrogens (tertiary/aromatic N) is 2. The Morgan fingerprint density at radius 3 is 2.29 bits per heavy atom. The number of amides is 1. The molecule has 1 fully saturated rings. The molecule has 0 saturated carbocycles. The Bertz CT molecular complexity index is 567. The molecule has 24 heavy (non-hydrogen) atoms. The fourth-order valence-corrected chi connectivity index (χ4v) is 3.28. The highest BCUT2D eigenvalue weighted by atomic mass is 16.6. The average molecular weight is 332 g/mol. The van der Waals surface area contributed by atoms with Gasteiger partial charge in [0.2, 0.25) is 5.91 Å². The Morgan fingerprint density at radius 1 is 1.21 bits per heavy atom. The van der Waals surface area contributed by atoms with Crippen LogP contribution in [-0.4, -0.2) is 28.8 Å². The van der Waals surface area contributed by atoms with Gasteiger partial charge < -0.3 is 4.90 Å². The summed E-state index contributed by atoms with van der Waals surface area (Å²) in [6.45, 7) is 7.68. The molecule has 1 aliphatic rings. The van der Waals surface area contributed by atoms with Crippen molar-refractivity contribution in [2.24, 2.45) is 11.3 Å². The monoisotopic (exact) mass is 332 g/mol. The number of carbonyl (C=O) groups is 1. The predicted molar refractivity (Wildman–Crippen MR) is 94.8 cm³/mol. The van der Waals surface area contributed by atoms with Crippen LogP contribution in [0.2, 0.25) is 0 Å². The first kappa shape index (κ1) is 18.4. The number of nitro benzene ring substituents is 1. The molecular formula is C19H28N2O3. The van der Waals surface area contributed by atoms with E-state index < -0.39 is 0 Å². The number of aryl methyl sites for hydroxylation is 1. The first-order valence-corrected chi connectivity index (χ1v) is 8.80. The minimum Gasteiger partial charge on any atom is -0.342 e. The van der Waals surface area contributed by atoms with Crippen molar-refractivity contribution in [1.29, 1.82) is 0 Å². The van der Waals surface area contributed by atoms with Crippen LogP contribution in [0, 0.1) is 21.4 Å². The molecule has 0 spiro atoms. The van der Waals surface area contributed by atoms with Crippen LogP contribution in [0.4, 0.5) is 5.69 Å². The lowest BCUT2D eigenvalue weighted by molar-refractivity contribution is -0.384. The van der Waals surface area contributed by atoms with Gasteiger partial charge in [0, 0.05) is 30.6 Å². The number of non-ortho nitro benzene ring substituents is 1. The van der Waals surface area contributed by atoms with Crippen molar-refractivity contribution in [3.05, 3.63) is 39.9 Å². The predicted octanol–water partition coefficient (Wildman–Crippen LogP) is 4.20. The Labute approximate surface area is 144 Å². The third-order valence-corrected chi connectivity index (χ3v) is 4.77. The van der Waals surface area contributed by atoms with Crippen LogP contribution in [0.25, 0.3) is 0 Å². The largest absolute Gasteiger partial charge is 0.342 e. The molecule has 0 N–H and O–H groups in total. The van der Waals surface area contributed by atoms with Gasteiger partial charge in [-0.05, 0) is 43.6 Å². The summed E-state index contributed by atoms with van der Waals surface area (Å²) in [6.07, 6.45) is 5.38. The molecule has 5 heteroatoms. The number of likely N-dealkylation sites (tertiary alicyclic amines) is 1. The van der Waals surface area contributed by atoms with Gasteiger partial charge in [0.25, 0.3) is 5.69 Å². The Kier molecular flexibility index (Phi) is 5.97. The summed E-state index contributed by atoms with van der Waals surface area (Å²) in [5.74, 6) is 0.943. The molecule has 0 bridgehead atoms. The number of carbonyl (C=O) groups excluding carboxylic acids is 1. The third-order valence-electron chi connectivity index (χ3n) is 4.77. The number of benzene rings is 1. The third kappa shape index (κ3) is 5.05. The minimum atomic E-state index is -0.365. The van der Waals surface area contributed by atoms with E-state index in [1.807, 2.05) is 37.8 Å². The normalized spacial score (nSPS) is 16.2. The Balaban J connectivity index is 1.71. The molecule has 1 saturated heterocycles. The fraction of sp³-hybridized carbons (Fsp3) is 0.632. The highest BCUT2D eigenvalue weighted by Crippen LogP contribution is 2.26. The molecule has 2 rings (SSSR count). The van der Waals surface area contributed by atoms with Crippen LogP contribution in [0.15, 0.2) is 24.3 Å². The van der Waals surface area contributed by atoms with Crippen LogP contribution in [-0.2, 0) is 11.2 Å². The first-order chi connectivity index (χ1) is 11.3. The maximum atomic E-state index is 12.3. The van der Waals surface area contributed by atoms with Gasteiger partial charge in [0.15, 0.2) is 0 Å². The summed E-state index contributed by atoms with van der Waals surface area (Å²) in [5, 5.41) is 10.6. The van der Waals surface area contributed by atoms with Gasteiger partial charge in [-0.15, -0.1) is 0 Å². The maximum Gasteiger partial charge on any atom is 0.269 e. The standard InChI is InChI=1S/C19H28N2O3/c1-19(2,3)18(22)20-13-11-16(12-14-20)6-4-5-15-7-9-17(10-8-15)21(23)24/h7-10,16H,4-6,11-14H2,1-3H3. The maximum absolute atomic E-state index is 12.3. The van der Waals surface area contributed by atoms with E-state index in [1.54, 1.807) is 12.1 Å². The summed E-state index contributed by atoms with van der Waals surface area (Å²) in [5.41, 5.74) is 1.01. The van der Waals surface area contributed by atoms with Gasteiger partial charge in [-0.2, -0.15) is 0 Å². The molecule has 5 nitrogen and oxygen atoms in total. The van der Waals surface area contributed by atoms with Crippen molar-refractivity contribution >= 4 is 11.6 Å². The second-order valence-electron chi connectivity index (χ2n) is 7.80. The van der Waals surface area contributed by atoms with E-state index in [-0.39, 0.29) is 21.9 Å². The second kappa shape index (κ2) is 7.77. The molecule has 1 aromatic carbocycles. The molecule has 132 valence electrons.